The van der Waals surface area contributed by atoms with Crippen LogP contribution in [-0.2, 0) is 0 Å². The van der Waals surface area contributed by atoms with Gasteiger partial charge in [-0.2, -0.15) is 0 Å². The third kappa shape index (κ3) is 3.22. The third-order valence-electron chi connectivity index (χ3n) is 3.07. The van der Waals surface area contributed by atoms with Crippen molar-refractivity contribution in [1.29, 1.82) is 0 Å². The van der Waals surface area contributed by atoms with Crippen molar-refractivity contribution < 1.29 is 18.7 Å². The van der Waals surface area contributed by atoms with Crippen LogP contribution in [0.3, 0.4) is 0 Å². The summed E-state index contributed by atoms with van der Waals surface area (Å²) in [5.74, 6) is -1.64. The van der Waals surface area contributed by atoms with Gasteiger partial charge in [0.2, 0.25) is 0 Å². The summed E-state index contributed by atoms with van der Waals surface area (Å²) in [6, 6.07) is 1.61. The van der Waals surface area contributed by atoms with E-state index >= 15 is 0 Å². The molecule has 2 N–H and O–H groups in total. The number of halogens is 3. The molecule has 1 atom stereocenters. The first-order valence-electron chi connectivity index (χ1n) is 5.82. The van der Waals surface area contributed by atoms with Gasteiger partial charge in [0.25, 0.3) is 0 Å². The molecule has 19 heavy (non-hydrogen) atoms. The number of hydrogen-bond donors (Lipinski definition) is 2. The summed E-state index contributed by atoms with van der Waals surface area (Å²) in [7, 11) is 0. The lowest BCUT2D eigenvalue weighted by molar-refractivity contribution is 0.208. The number of carbonyl (C=O) groups is 1. The van der Waals surface area contributed by atoms with E-state index in [1.165, 1.54) is 4.90 Å². The lowest BCUT2D eigenvalue weighted by Gasteiger charge is -2.17. The number of hydrogen-bond acceptors (Lipinski definition) is 2. The van der Waals surface area contributed by atoms with Crippen molar-refractivity contribution in [3.8, 4) is 0 Å². The van der Waals surface area contributed by atoms with Gasteiger partial charge in [-0.3, -0.25) is 0 Å². The lowest BCUT2D eigenvalue weighted by atomic mass is 10.1. The van der Waals surface area contributed by atoms with E-state index in [2.05, 4.69) is 21.2 Å². The molecule has 0 aliphatic carbocycles. The topological polar surface area (TPSA) is 52.6 Å². The maximum Gasteiger partial charge on any atom is 0.322 e. The molecule has 0 spiro atoms. The van der Waals surface area contributed by atoms with Crippen LogP contribution in [0.2, 0.25) is 0 Å². The van der Waals surface area contributed by atoms with Crippen LogP contribution in [0.25, 0.3) is 0 Å². The van der Waals surface area contributed by atoms with Gasteiger partial charge in [-0.1, -0.05) is 15.9 Å². The zero-order valence-electron chi connectivity index (χ0n) is 10.00. The summed E-state index contributed by atoms with van der Waals surface area (Å²) in [5, 5.41) is 11.2. The highest BCUT2D eigenvalue weighted by molar-refractivity contribution is 9.10. The van der Waals surface area contributed by atoms with Crippen LogP contribution in [0, 0.1) is 17.6 Å². The molecule has 0 bridgehead atoms. The standard InChI is InChI=1S/C12H13BrF2N2O2/c13-8-3-9(14)11(10(15)4-8)16-12(19)17-2-1-7(5-17)6-18/h3-4,7,18H,1-2,5-6H2,(H,16,19). The average Bonchev–Trinajstić information content (AvgIpc) is 2.82. The van der Waals surface area contributed by atoms with Gasteiger partial charge in [0.05, 0.1) is 0 Å². The number of aliphatic hydroxyl groups excluding tert-OH is 1. The summed E-state index contributed by atoms with van der Waals surface area (Å²) in [4.78, 5) is 13.3. The molecular formula is C12H13BrF2N2O2. The molecule has 1 unspecified atom stereocenters. The van der Waals surface area contributed by atoms with Crippen molar-refractivity contribution in [3.05, 3.63) is 28.2 Å². The SMILES string of the molecule is O=C(Nc1c(F)cc(Br)cc1F)N1CCC(CO)C1. The van der Waals surface area contributed by atoms with Crippen LogP contribution >= 0.6 is 15.9 Å². The molecule has 7 heteroatoms. The molecule has 1 aromatic rings. The van der Waals surface area contributed by atoms with Gasteiger partial charge in [0.1, 0.15) is 5.69 Å². The van der Waals surface area contributed by atoms with E-state index in [1.54, 1.807) is 0 Å². The highest BCUT2D eigenvalue weighted by atomic mass is 79.9. The van der Waals surface area contributed by atoms with Crippen LogP contribution in [0.4, 0.5) is 19.3 Å². The first-order chi connectivity index (χ1) is 9.01. The Hall–Kier alpha value is -1.21. The van der Waals surface area contributed by atoms with Crippen LogP contribution in [0.1, 0.15) is 6.42 Å². The number of rotatable bonds is 2. The number of nitrogens with one attached hydrogen (secondary N) is 1. The Kier molecular flexibility index (Phi) is 4.36. The van der Waals surface area contributed by atoms with E-state index in [4.69, 9.17) is 5.11 Å². The number of anilines is 1. The molecule has 0 radical (unpaired) electrons. The summed E-state index contributed by atoms with van der Waals surface area (Å²) in [6.45, 7) is 0.865. The zero-order valence-corrected chi connectivity index (χ0v) is 11.6. The van der Waals surface area contributed by atoms with Gasteiger partial charge in [0.15, 0.2) is 11.6 Å². The number of amides is 2. The van der Waals surface area contributed by atoms with E-state index < -0.39 is 23.4 Å². The van der Waals surface area contributed by atoms with Gasteiger partial charge < -0.3 is 15.3 Å². The Bertz CT molecular complexity index is 476. The summed E-state index contributed by atoms with van der Waals surface area (Å²) >= 11 is 2.97. The van der Waals surface area contributed by atoms with Crippen molar-refractivity contribution in [2.75, 3.05) is 25.0 Å². The zero-order chi connectivity index (χ0) is 14.0. The molecule has 1 saturated heterocycles. The number of urea groups is 1. The number of carbonyl (C=O) groups excluding carboxylic acids is 1. The molecule has 1 aromatic carbocycles. The summed E-state index contributed by atoms with van der Waals surface area (Å²) < 4.78 is 27.4. The van der Waals surface area contributed by atoms with Gasteiger partial charge in [-0.25, -0.2) is 13.6 Å². The minimum atomic E-state index is -0.835. The largest absolute Gasteiger partial charge is 0.396 e. The number of aliphatic hydroxyl groups is 1. The van der Waals surface area contributed by atoms with Crippen molar-refractivity contribution in [1.82, 2.24) is 4.90 Å². The molecule has 4 nitrogen and oxygen atoms in total. The predicted molar refractivity (Wildman–Crippen MR) is 69.8 cm³/mol. The van der Waals surface area contributed by atoms with Crippen molar-refractivity contribution in [3.63, 3.8) is 0 Å². The van der Waals surface area contributed by atoms with Gasteiger partial charge >= 0.3 is 6.03 Å². The Morgan fingerprint density at radius 1 is 1.47 bits per heavy atom. The molecule has 1 aliphatic heterocycles. The maximum atomic E-state index is 13.6. The second kappa shape index (κ2) is 5.83. The number of benzene rings is 1. The van der Waals surface area contributed by atoms with E-state index in [-0.39, 0.29) is 17.0 Å². The first-order valence-corrected chi connectivity index (χ1v) is 6.62. The molecule has 104 valence electrons. The normalized spacial score (nSPS) is 18.7. The number of likely N-dealkylation sites (tertiary alicyclic amines) is 1. The van der Waals surface area contributed by atoms with Crippen LogP contribution in [-0.4, -0.2) is 35.7 Å². The van der Waals surface area contributed by atoms with Crippen LogP contribution in [0.5, 0.6) is 0 Å². The van der Waals surface area contributed by atoms with Crippen LogP contribution < -0.4 is 5.32 Å². The molecule has 2 rings (SSSR count). The van der Waals surface area contributed by atoms with E-state index in [0.29, 0.717) is 19.5 Å². The Morgan fingerprint density at radius 2 is 2.11 bits per heavy atom. The molecule has 0 aromatic heterocycles. The van der Waals surface area contributed by atoms with Crippen LogP contribution in [0.15, 0.2) is 16.6 Å². The molecule has 0 saturated carbocycles. The Balaban J connectivity index is 2.08. The monoisotopic (exact) mass is 334 g/mol. The average molecular weight is 335 g/mol. The molecule has 1 aliphatic rings. The fraction of sp³-hybridized carbons (Fsp3) is 0.417. The highest BCUT2D eigenvalue weighted by Crippen LogP contribution is 2.25. The fourth-order valence-electron chi connectivity index (χ4n) is 2.01. The molecule has 2 amide bonds. The van der Waals surface area contributed by atoms with Crippen molar-refractivity contribution >= 4 is 27.6 Å². The maximum absolute atomic E-state index is 13.6. The van der Waals surface area contributed by atoms with E-state index in [0.717, 1.165) is 12.1 Å². The second-order valence-corrected chi connectivity index (χ2v) is 5.37. The second-order valence-electron chi connectivity index (χ2n) is 4.46. The highest BCUT2D eigenvalue weighted by Gasteiger charge is 2.26. The molecule has 1 fully saturated rings. The minimum absolute atomic E-state index is 0.00475. The van der Waals surface area contributed by atoms with Crippen molar-refractivity contribution in [2.45, 2.75) is 6.42 Å². The molecular weight excluding hydrogens is 322 g/mol. The molecule has 1 heterocycles. The summed E-state index contributed by atoms with van der Waals surface area (Å²) in [5.41, 5.74) is -0.458. The predicted octanol–water partition coefficient (Wildman–Crippen LogP) is 2.57. The van der Waals surface area contributed by atoms with E-state index in [1.807, 2.05) is 0 Å². The lowest BCUT2D eigenvalue weighted by Crippen LogP contribution is -2.33. The van der Waals surface area contributed by atoms with Gasteiger partial charge in [-0.15, -0.1) is 0 Å². The fourth-order valence-corrected chi connectivity index (χ4v) is 2.42. The number of nitrogens with zero attached hydrogens (tertiary/aromatic N) is 1. The smallest absolute Gasteiger partial charge is 0.322 e. The van der Waals surface area contributed by atoms with Gasteiger partial charge in [0, 0.05) is 30.1 Å². The quantitative estimate of drug-likeness (QED) is 0.873. The minimum Gasteiger partial charge on any atom is -0.396 e. The first kappa shape index (κ1) is 14.2. The van der Waals surface area contributed by atoms with Crippen molar-refractivity contribution in [2.24, 2.45) is 5.92 Å². The van der Waals surface area contributed by atoms with Gasteiger partial charge in [-0.05, 0) is 18.6 Å². The van der Waals surface area contributed by atoms with E-state index in [9.17, 15) is 13.6 Å². The Morgan fingerprint density at radius 3 is 2.63 bits per heavy atom. The summed E-state index contributed by atoms with van der Waals surface area (Å²) in [6.07, 6.45) is 0.690. The Labute approximate surface area is 117 Å². The third-order valence-corrected chi connectivity index (χ3v) is 3.53.